The van der Waals surface area contributed by atoms with Gasteiger partial charge in [0.1, 0.15) is 6.04 Å². The van der Waals surface area contributed by atoms with Gasteiger partial charge in [-0.05, 0) is 38.6 Å². The number of hydrogen-bond donors (Lipinski definition) is 2. The molecule has 2 fully saturated rings. The maximum absolute atomic E-state index is 12.3. The Kier molecular flexibility index (Phi) is 6.93. The minimum Gasteiger partial charge on any atom is -0.378 e. The molecule has 1 amide bonds. The molecule has 1 atom stereocenters. The lowest BCUT2D eigenvalue weighted by Gasteiger charge is -2.43. The van der Waals surface area contributed by atoms with E-state index in [4.69, 9.17) is 4.74 Å². The summed E-state index contributed by atoms with van der Waals surface area (Å²) in [4.78, 5) is 14.7. The number of hydrogen-bond acceptors (Lipinski definition) is 4. The van der Waals surface area contributed by atoms with Gasteiger partial charge in [0.2, 0.25) is 5.91 Å². The zero-order valence-electron chi connectivity index (χ0n) is 13.6. The minimum absolute atomic E-state index is 0.0917. The summed E-state index contributed by atoms with van der Waals surface area (Å²) in [5.41, 5.74) is 0. The van der Waals surface area contributed by atoms with E-state index in [2.05, 4.69) is 29.4 Å². The van der Waals surface area contributed by atoms with Gasteiger partial charge in [-0.15, -0.1) is 0 Å². The predicted molar refractivity (Wildman–Crippen MR) is 84.3 cm³/mol. The van der Waals surface area contributed by atoms with Gasteiger partial charge in [0, 0.05) is 25.2 Å². The highest BCUT2D eigenvalue weighted by Crippen LogP contribution is 2.26. The predicted octanol–water partition coefficient (Wildman–Crippen LogP) is 1.13. The molecular weight excluding hydrogens is 266 g/mol. The van der Waals surface area contributed by atoms with E-state index in [1.807, 2.05) is 0 Å². The van der Waals surface area contributed by atoms with Crippen LogP contribution in [0, 0.1) is 0 Å². The Morgan fingerprint density at radius 1 is 1.24 bits per heavy atom. The quantitative estimate of drug-likeness (QED) is 0.772. The molecule has 1 aliphatic heterocycles. The summed E-state index contributed by atoms with van der Waals surface area (Å²) in [6, 6.07) is 1.12. The van der Waals surface area contributed by atoms with Crippen LogP contribution in [0.5, 0.6) is 0 Å². The number of amides is 1. The zero-order chi connectivity index (χ0) is 15.1. The van der Waals surface area contributed by atoms with E-state index in [1.165, 1.54) is 25.7 Å². The first-order chi connectivity index (χ1) is 10.3. The number of nitrogens with zero attached hydrogens (tertiary/aromatic N) is 1. The average molecular weight is 297 g/mol. The van der Waals surface area contributed by atoms with E-state index in [-0.39, 0.29) is 11.9 Å². The number of morpholine rings is 1. The molecule has 1 heterocycles. The monoisotopic (exact) mass is 297 g/mol. The molecule has 0 bridgehead atoms. The third-order valence-electron chi connectivity index (χ3n) is 4.68. The van der Waals surface area contributed by atoms with Crippen LogP contribution in [0.25, 0.3) is 0 Å². The van der Waals surface area contributed by atoms with Crippen molar-refractivity contribution in [2.75, 3.05) is 32.8 Å². The van der Waals surface area contributed by atoms with Crippen molar-refractivity contribution in [3.8, 4) is 0 Å². The first-order valence-corrected chi connectivity index (χ1v) is 8.60. The summed E-state index contributed by atoms with van der Waals surface area (Å²) in [6.07, 6.45) is 5.80. The van der Waals surface area contributed by atoms with Crippen LogP contribution < -0.4 is 10.6 Å². The third kappa shape index (κ3) is 4.66. The van der Waals surface area contributed by atoms with Crippen LogP contribution in [0.2, 0.25) is 0 Å². The lowest BCUT2D eigenvalue weighted by Crippen LogP contribution is -2.58. The second kappa shape index (κ2) is 8.71. The first-order valence-electron chi connectivity index (χ1n) is 8.60. The van der Waals surface area contributed by atoms with Gasteiger partial charge in [-0.1, -0.05) is 13.8 Å². The summed E-state index contributed by atoms with van der Waals surface area (Å²) in [5.74, 6) is 0.144. The van der Waals surface area contributed by atoms with Crippen molar-refractivity contribution < 1.29 is 9.53 Å². The van der Waals surface area contributed by atoms with Crippen LogP contribution in [-0.4, -0.2) is 61.8 Å². The van der Waals surface area contributed by atoms with Gasteiger partial charge < -0.3 is 15.4 Å². The second-order valence-electron chi connectivity index (χ2n) is 6.18. The molecule has 1 aliphatic carbocycles. The molecule has 1 saturated heterocycles. The Bertz CT molecular complexity index is 317. The Morgan fingerprint density at radius 2 is 2.00 bits per heavy atom. The Hall–Kier alpha value is -0.650. The van der Waals surface area contributed by atoms with Crippen LogP contribution in [0.1, 0.15) is 46.0 Å². The van der Waals surface area contributed by atoms with Gasteiger partial charge in [-0.3, -0.25) is 9.69 Å². The summed E-state index contributed by atoms with van der Waals surface area (Å²) >= 11 is 0. The van der Waals surface area contributed by atoms with E-state index < -0.39 is 0 Å². The lowest BCUT2D eigenvalue weighted by atomic mass is 9.89. The molecule has 1 unspecified atom stereocenters. The van der Waals surface area contributed by atoms with Crippen LogP contribution in [0.4, 0.5) is 0 Å². The van der Waals surface area contributed by atoms with Crippen molar-refractivity contribution in [3.05, 3.63) is 0 Å². The van der Waals surface area contributed by atoms with Crippen LogP contribution in [0.15, 0.2) is 0 Å². The zero-order valence-corrected chi connectivity index (χ0v) is 13.6. The molecule has 2 N–H and O–H groups in total. The molecule has 2 rings (SSSR count). The molecule has 2 aliphatic rings. The molecular formula is C16H31N3O2. The van der Waals surface area contributed by atoms with Crippen molar-refractivity contribution in [2.24, 2.45) is 0 Å². The molecule has 5 heteroatoms. The van der Waals surface area contributed by atoms with Crippen molar-refractivity contribution in [3.63, 3.8) is 0 Å². The fourth-order valence-corrected chi connectivity index (χ4v) is 3.55. The highest BCUT2D eigenvalue weighted by Gasteiger charge is 2.35. The number of carbonyl (C=O) groups is 1. The molecule has 0 radical (unpaired) electrons. The summed E-state index contributed by atoms with van der Waals surface area (Å²) in [6.45, 7) is 8.25. The van der Waals surface area contributed by atoms with Gasteiger partial charge in [0.05, 0.1) is 13.2 Å². The Labute approximate surface area is 128 Å². The number of ether oxygens (including phenoxy) is 1. The average Bonchev–Trinajstić information content (AvgIpc) is 2.54. The van der Waals surface area contributed by atoms with Gasteiger partial charge in [-0.2, -0.15) is 0 Å². The molecule has 0 spiro atoms. The largest absolute Gasteiger partial charge is 0.378 e. The number of carbonyl (C=O) groups excluding carboxylic acids is 1. The number of nitrogens with one attached hydrogen (secondary N) is 2. The molecule has 122 valence electrons. The lowest BCUT2D eigenvalue weighted by molar-refractivity contribution is -0.135. The van der Waals surface area contributed by atoms with E-state index in [0.717, 1.165) is 32.7 Å². The van der Waals surface area contributed by atoms with Crippen molar-refractivity contribution in [1.82, 2.24) is 15.5 Å². The Balaban J connectivity index is 1.88. The fourth-order valence-electron chi connectivity index (χ4n) is 3.55. The minimum atomic E-state index is -0.0917. The van der Waals surface area contributed by atoms with Gasteiger partial charge in [-0.25, -0.2) is 0 Å². The van der Waals surface area contributed by atoms with Crippen molar-refractivity contribution >= 4 is 5.91 Å². The van der Waals surface area contributed by atoms with Crippen LogP contribution in [-0.2, 0) is 9.53 Å². The highest BCUT2D eigenvalue weighted by atomic mass is 16.5. The van der Waals surface area contributed by atoms with Crippen LogP contribution in [0.3, 0.4) is 0 Å². The van der Waals surface area contributed by atoms with E-state index in [1.54, 1.807) is 0 Å². The highest BCUT2D eigenvalue weighted by molar-refractivity contribution is 5.82. The van der Waals surface area contributed by atoms with E-state index >= 15 is 0 Å². The van der Waals surface area contributed by atoms with E-state index in [9.17, 15) is 4.79 Å². The Morgan fingerprint density at radius 3 is 2.67 bits per heavy atom. The summed E-state index contributed by atoms with van der Waals surface area (Å²) < 4.78 is 5.55. The van der Waals surface area contributed by atoms with Gasteiger partial charge in [0.25, 0.3) is 0 Å². The van der Waals surface area contributed by atoms with Crippen molar-refractivity contribution in [2.45, 2.75) is 64.1 Å². The summed E-state index contributed by atoms with van der Waals surface area (Å²) in [7, 11) is 0. The SMILES string of the molecule is CCCNC(=O)C1COCCN1C1CCC(NCC)CC1. The maximum Gasteiger partial charge on any atom is 0.239 e. The molecule has 0 aromatic rings. The van der Waals surface area contributed by atoms with Gasteiger partial charge in [0.15, 0.2) is 0 Å². The van der Waals surface area contributed by atoms with Crippen LogP contribution >= 0.6 is 0 Å². The van der Waals surface area contributed by atoms with E-state index in [0.29, 0.717) is 18.7 Å². The summed E-state index contributed by atoms with van der Waals surface area (Å²) in [5, 5.41) is 6.57. The molecule has 5 nitrogen and oxygen atoms in total. The number of rotatable bonds is 6. The fraction of sp³-hybridized carbons (Fsp3) is 0.938. The standard InChI is InChI=1S/C16H31N3O2/c1-3-9-18-16(20)15-12-21-11-10-19(15)14-7-5-13(6-8-14)17-4-2/h13-15,17H,3-12H2,1-2H3,(H,18,20). The first kappa shape index (κ1) is 16.7. The topological polar surface area (TPSA) is 53.6 Å². The molecule has 1 saturated carbocycles. The molecule has 0 aromatic carbocycles. The smallest absolute Gasteiger partial charge is 0.239 e. The third-order valence-corrected chi connectivity index (χ3v) is 4.68. The van der Waals surface area contributed by atoms with Gasteiger partial charge >= 0.3 is 0 Å². The maximum atomic E-state index is 12.3. The second-order valence-corrected chi connectivity index (χ2v) is 6.18. The molecule has 21 heavy (non-hydrogen) atoms. The normalized spacial score (nSPS) is 31.0. The molecule has 0 aromatic heterocycles. The van der Waals surface area contributed by atoms with Crippen molar-refractivity contribution in [1.29, 1.82) is 0 Å².